The van der Waals surface area contributed by atoms with E-state index in [1.54, 1.807) is 38.1 Å². The molecule has 4 rings (SSSR count). The van der Waals surface area contributed by atoms with Gasteiger partial charge in [0.05, 0.1) is 24.3 Å². The molecular formula is C29H31BrFNO5S. The summed E-state index contributed by atoms with van der Waals surface area (Å²) in [5, 5.41) is 3.35. The highest BCUT2D eigenvalue weighted by molar-refractivity contribution is 9.10. The summed E-state index contributed by atoms with van der Waals surface area (Å²) in [6.07, 6.45) is 0.839. The molecule has 9 heteroatoms. The van der Waals surface area contributed by atoms with Gasteiger partial charge in [0.15, 0.2) is 17.3 Å². The van der Waals surface area contributed by atoms with Gasteiger partial charge in [-0.2, -0.15) is 11.8 Å². The summed E-state index contributed by atoms with van der Waals surface area (Å²) < 4.78 is 30.8. The summed E-state index contributed by atoms with van der Waals surface area (Å²) in [5.74, 6) is 1.15. The van der Waals surface area contributed by atoms with Gasteiger partial charge in [-0.1, -0.05) is 19.1 Å². The van der Waals surface area contributed by atoms with Gasteiger partial charge in [-0.3, -0.25) is 4.79 Å². The molecule has 38 heavy (non-hydrogen) atoms. The molecule has 2 aromatic rings. The number of nitrogens with one attached hydrogen (secondary N) is 1. The molecule has 1 aliphatic carbocycles. The standard InChI is InChI=1S/C29H31BrFNO5S/c1-5-38-11-10-37-29(34)26-16(2)32-22-13-19(17-7-9-24(35-3)25(15-17)36-4)14-23(33)28(22)27(26)18-6-8-21(31)20(30)12-18/h6-9,12,15,19,27,32H,5,10-11,13-14H2,1-4H3/t19-,27-/m1/s1. The van der Waals surface area contributed by atoms with E-state index in [0.29, 0.717) is 46.1 Å². The number of rotatable bonds is 9. The molecule has 0 radical (unpaired) electrons. The van der Waals surface area contributed by atoms with Crippen LogP contribution in [0, 0.1) is 5.82 Å². The Morgan fingerprint density at radius 2 is 1.84 bits per heavy atom. The van der Waals surface area contributed by atoms with E-state index in [9.17, 15) is 14.0 Å². The summed E-state index contributed by atoms with van der Waals surface area (Å²) in [6.45, 7) is 4.14. The highest BCUT2D eigenvalue weighted by atomic mass is 79.9. The zero-order valence-corrected chi connectivity index (χ0v) is 24.3. The average molecular weight is 605 g/mol. The van der Waals surface area contributed by atoms with Crippen LogP contribution in [0.15, 0.2) is 63.4 Å². The Labute approximate surface area is 235 Å². The number of benzene rings is 2. The number of dihydropyridines is 1. The number of Topliss-reactive ketones (excluding diaryl/α,β-unsaturated/α-hetero) is 1. The first-order chi connectivity index (χ1) is 18.3. The van der Waals surface area contributed by atoms with E-state index >= 15 is 0 Å². The molecule has 1 heterocycles. The molecular weight excluding hydrogens is 573 g/mol. The Morgan fingerprint density at radius 1 is 1.11 bits per heavy atom. The van der Waals surface area contributed by atoms with Gasteiger partial charge in [0.2, 0.25) is 0 Å². The number of thioether (sulfide) groups is 1. The van der Waals surface area contributed by atoms with Crippen molar-refractivity contribution < 1.29 is 28.2 Å². The van der Waals surface area contributed by atoms with Crippen molar-refractivity contribution in [1.82, 2.24) is 5.32 Å². The number of hydrogen-bond acceptors (Lipinski definition) is 7. The Kier molecular flexibility index (Phi) is 9.20. The predicted molar refractivity (Wildman–Crippen MR) is 150 cm³/mol. The van der Waals surface area contributed by atoms with Gasteiger partial charge in [-0.25, -0.2) is 9.18 Å². The second-order valence-electron chi connectivity index (χ2n) is 9.14. The molecule has 202 valence electrons. The summed E-state index contributed by atoms with van der Waals surface area (Å²) in [4.78, 5) is 27.1. The molecule has 0 amide bonds. The fourth-order valence-electron chi connectivity index (χ4n) is 5.09. The maximum absolute atomic E-state index is 14.1. The summed E-state index contributed by atoms with van der Waals surface area (Å²) in [6, 6.07) is 10.3. The molecule has 1 aliphatic heterocycles. The first-order valence-electron chi connectivity index (χ1n) is 12.4. The highest BCUT2D eigenvalue weighted by Gasteiger charge is 2.41. The minimum absolute atomic E-state index is 0.0664. The van der Waals surface area contributed by atoms with Gasteiger partial charge in [0.1, 0.15) is 12.4 Å². The Hall–Kier alpha value is -2.78. The van der Waals surface area contributed by atoms with Crippen LogP contribution in [0.2, 0.25) is 0 Å². The van der Waals surface area contributed by atoms with Crippen molar-refractivity contribution >= 4 is 39.4 Å². The van der Waals surface area contributed by atoms with Crippen molar-refractivity contribution in [3.8, 4) is 11.5 Å². The molecule has 0 fully saturated rings. The second-order valence-corrected chi connectivity index (χ2v) is 11.4. The van der Waals surface area contributed by atoms with E-state index in [1.807, 2.05) is 32.0 Å². The number of halogens is 2. The fraction of sp³-hybridized carbons (Fsp3) is 0.379. The van der Waals surface area contributed by atoms with E-state index in [1.165, 1.54) is 6.07 Å². The summed E-state index contributed by atoms with van der Waals surface area (Å²) >= 11 is 4.95. The lowest BCUT2D eigenvalue weighted by atomic mass is 9.71. The van der Waals surface area contributed by atoms with E-state index in [-0.39, 0.29) is 29.2 Å². The van der Waals surface area contributed by atoms with Crippen molar-refractivity contribution in [3.63, 3.8) is 0 Å². The van der Waals surface area contributed by atoms with Crippen LogP contribution in [0.1, 0.15) is 49.7 Å². The van der Waals surface area contributed by atoms with Crippen LogP contribution in [0.5, 0.6) is 11.5 Å². The van der Waals surface area contributed by atoms with Crippen molar-refractivity contribution in [2.75, 3.05) is 32.3 Å². The van der Waals surface area contributed by atoms with Crippen molar-refractivity contribution in [1.29, 1.82) is 0 Å². The molecule has 6 nitrogen and oxygen atoms in total. The Balaban J connectivity index is 1.73. The fourth-order valence-corrected chi connectivity index (χ4v) is 5.98. The van der Waals surface area contributed by atoms with Gasteiger partial charge in [-0.15, -0.1) is 0 Å². The summed E-state index contributed by atoms with van der Waals surface area (Å²) in [5.41, 5.74) is 3.91. The monoisotopic (exact) mass is 603 g/mol. The van der Waals surface area contributed by atoms with E-state index in [0.717, 1.165) is 17.0 Å². The molecule has 2 atom stereocenters. The van der Waals surface area contributed by atoms with Crippen molar-refractivity contribution in [2.24, 2.45) is 0 Å². The van der Waals surface area contributed by atoms with Crippen LogP contribution >= 0.6 is 27.7 Å². The van der Waals surface area contributed by atoms with Crippen LogP contribution in [-0.2, 0) is 14.3 Å². The zero-order chi connectivity index (χ0) is 27.4. The van der Waals surface area contributed by atoms with Crippen molar-refractivity contribution in [2.45, 2.75) is 38.5 Å². The van der Waals surface area contributed by atoms with Gasteiger partial charge in [0.25, 0.3) is 0 Å². The zero-order valence-electron chi connectivity index (χ0n) is 21.9. The lowest BCUT2D eigenvalue weighted by Crippen LogP contribution is -2.36. The molecule has 0 aromatic heterocycles. The molecule has 2 aromatic carbocycles. The molecule has 0 spiro atoms. The molecule has 0 saturated carbocycles. The maximum atomic E-state index is 14.1. The molecule has 0 unspecified atom stereocenters. The quantitative estimate of drug-likeness (QED) is 0.268. The smallest absolute Gasteiger partial charge is 0.336 e. The number of carbonyl (C=O) groups is 2. The van der Waals surface area contributed by atoms with E-state index in [4.69, 9.17) is 14.2 Å². The number of methoxy groups -OCH3 is 2. The maximum Gasteiger partial charge on any atom is 0.336 e. The molecule has 0 saturated heterocycles. The number of allylic oxidation sites excluding steroid dienone is 3. The molecule has 2 aliphatic rings. The van der Waals surface area contributed by atoms with Crippen LogP contribution in [0.4, 0.5) is 4.39 Å². The van der Waals surface area contributed by atoms with E-state index < -0.39 is 17.7 Å². The minimum Gasteiger partial charge on any atom is -0.493 e. The average Bonchev–Trinajstić information content (AvgIpc) is 2.91. The van der Waals surface area contributed by atoms with E-state index in [2.05, 4.69) is 21.2 Å². The number of esters is 1. The number of carbonyl (C=O) groups excluding carboxylic acids is 2. The third-order valence-electron chi connectivity index (χ3n) is 6.87. The lowest BCUT2D eigenvalue weighted by molar-refractivity contribution is -0.138. The second kappa shape index (κ2) is 12.4. The number of hydrogen-bond donors (Lipinski definition) is 1. The lowest BCUT2D eigenvalue weighted by Gasteiger charge is -2.37. The molecule has 0 bridgehead atoms. The number of ether oxygens (including phenoxy) is 3. The Morgan fingerprint density at radius 3 is 2.53 bits per heavy atom. The SMILES string of the molecule is CCSCCOC(=O)C1=C(C)NC2=C(C(=O)C[C@H](c3ccc(OC)c(OC)c3)C2)[C@@H]1c1ccc(F)c(Br)c1. The third-order valence-corrected chi connectivity index (χ3v) is 8.34. The van der Waals surface area contributed by atoms with Crippen LogP contribution in [0.3, 0.4) is 0 Å². The topological polar surface area (TPSA) is 73.9 Å². The van der Waals surface area contributed by atoms with Crippen LogP contribution in [0.25, 0.3) is 0 Å². The third kappa shape index (κ3) is 5.78. The van der Waals surface area contributed by atoms with Crippen LogP contribution < -0.4 is 14.8 Å². The first-order valence-corrected chi connectivity index (χ1v) is 14.4. The van der Waals surface area contributed by atoms with Gasteiger partial charge < -0.3 is 19.5 Å². The summed E-state index contributed by atoms with van der Waals surface area (Å²) in [7, 11) is 3.16. The molecule has 1 N–H and O–H groups in total. The van der Waals surface area contributed by atoms with Gasteiger partial charge in [-0.05, 0) is 76.3 Å². The van der Waals surface area contributed by atoms with Gasteiger partial charge in [0, 0.05) is 35.1 Å². The predicted octanol–water partition coefficient (Wildman–Crippen LogP) is 6.26. The number of ketones is 1. The van der Waals surface area contributed by atoms with Gasteiger partial charge >= 0.3 is 5.97 Å². The minimum atomic E-state index is -0.659. The van der Waals surface area contributed by atoms with Crippen LogP contribution in [-0.4, -0.2) is 44.1 Å². The first kappa shape index (κ1) is 28.2. The van der Waals surface area contributed by atoms with Crippen molar-refractivity contribution in [3.05, 3.63) is 80.4 Å². The normalized spacial score (nSPS) is 19.2. The largest absolute Gasteiger partial charge is 0.493 e. The Bertz CT molecular complexity index is 1310. The highest BCUT2D eigenvalue weighted by Crippen LogP contribution is 2.47.